The Morgan fingerprint density at radius 3 is 2.37 bits per heavy atom. The number of carbonyl (C=O) groups excluding carboxylic acids is 3. The molecular formula is C30H34ClN3O4. The third-order valence-electron chi connectivity index (χ3n) is 6.06. The number of nitrogens with zero attached hydrogens (tertiary/aromatic N) is 1. The van der Waals surface area contributed by atoms with Gasteiger partial charge in [-0.05, 0) is 35.4 Å². The molecule has 0 aromatic heterocycles. The zero-order valence-corrected chi connectivity index (χ0v) is 22.4. The van der Waals surface area contributed by atoms with Gasteiger partial charge in [-0.25, -0.2) is 10.2 Å². The number of ether oxygens (including phenoxy) is 1. The van der Waals surface area contributed by atoms with E-state index in [1.165, 1.54) is 31.9 Å². The van der Waals surface area contributed by atoms with Crippen LogP contribution < -0.4 is 15.5 Å². The molecule has 0 saturated heterocycles. The summed E-state index contributed by atoms with van der Waals surface area (Å²) >= 11 is 6.14. The fourth-order valence-electron chi connectivity index (χ4n) is 4.00. The molecule has 7 nitrogen and oxygen atoms in total. The Kier molecular flexibility index (Phi) is 11.8. The van der Waals surface area contributed by atoms with Crippen LogP contribution in [0.4, 0.5) is 0 Å². The van der Waals surface area contributed by atoms with E-state index in [0.717, 1.165) is 30.0 Å². The van der Waals surface area contributed by atoms with E-state index < -0.39 is 11.9 Å². The summed E-state index contributed by atoms with van der Waals surface area (Å²) in [5.41, 5.74) is 3.18. The smallest absolute Gasteiger partial charge is 0.345 e. The first kappa shape index (κ1) is 28.9. The zero-order chi connectivity index (χ0) is 27.2. The molecule has 0 atom stereocenters. The highest BCUT2D eigenvalue weighted by Crippen LogP contribution is 2.28. The van der Waals surface area contributed by atoms with Crippen LogP contribution in [0.15, 0.2) is 65.8 Å². The third-order valence-corrected chi connectivity index (χ3v) is 6.39. The quantitative estimate of drug-likeness (QED) is 0.0818. The van der Waals surface area contributed by atoms with Crippen LogP contribution in [-0.4, -0.2) is 30.5 Å². The second-order valence-corrected chi connectivity index (χ2v) is 9.42. The van der Waals surface area contributed by atoms with Gasteiger partial charge in [-0.15, -0.1) is 0 Å². The van der Waals surface area contributed by atoms with Crippen molar-refractivity contribution in [3.63, 3.8) is 0 Å². The van der Waals surface area contributed by atoms with E-state index in [-0.39, 0.29) is 28.8 Å². The van der Waals surface area contributed by atoms with Gasteiger partial charge in [-0.3, -0.25) is 9.59 Å². The van der Waals surface area contributed by atoms with E-state index in [1.54, 1.807) is 30.3 Å². The maximum absolute atomic E-state index is 12.7. The predicted octanol–water partition coefficient (Wildman–Crippen LogP) is 6.42. The van der Waals surface area contributed by atoms with Crippen molar-refractivity contribution < 1.29 is 19.1 Å². The van der Waals surface area contributed by atoms with Crippen LogP contribution in [0.25, 0.3) is 10.8 Å². The average molecular weight is 536 g/mol. The largest absolute Gasteiger partial charge is 0.422 e. The SMILES string of the molecule is CCCCCCCCCC(=O)NCC(=O)N/N=C\c1c(OC(=O)c2ccccc2Cl)ccc2ccccc12. The van der Waals surface area contributed by atoms with Gasteiger partial charge < -0.3 is 10.1 Å². The van der Waals surface area contributed by atoms with Crippen molar-refractivity contribution in [1.82, 2.24) is 10.7 Å². The van der Waals surface area contributed by atoms with Crippen LogP contribution in [0.2, 0.25) is 5.02 Å². The van der Waals surface area contributed by atoms with Gasteiger partial charge in [0.15, 0.2) is 0 Å². The highest BCUT2D eigenvalue weighted by Gasteiger charge is 2.16. The van der Waals surface area contributed by atoms with Crippen LogP contribution in [0.1, 0.15) is 74.2 Å². The number of carbonyl (C=O) groups is 3. The summed E-state index contributed by atoms with van der Waals surface area (Å²) in [6.45, 7) is 2.02. The van der Waals surface area contributed by atoms with Crippen molar-refractivity contribution in [2.45, 2.75) is 58.3 Å². The molecule has 0 aliphatic rings. The number of esters is 1. The number of nitrogens with one attached hydrogen (secondary N) is 2. The molecular weight excluding hydrogens is 502 g/mol. The van der Waals surface area contributed by atoms with E-state index in [1.807, 2.05) is 30.3 Å². The van der Waals surface area contributed by atoms with E-state index in [4.69, 9.17) is 16.3 Å². The van der Waals surface area contributed by atoms with Gasteiger partial charge in [0.05, 0.1) is 23.3 Å². The topological polar surface area (TPSA) is 96.9 Å². The van der Waals surface area contributed by atoms with Crippen molar-refractivity contribution in [3.8, 4) is 5.75 Å². The van der Waals surface area contributed by atoms with Crippen molar-refractivity contribution >= 4 is 46.4 Å². The minimum absolute atomic E-state index is 0.152. The molecule has 2 amide bonds. The Bertz CT molecular complexity index is 1280. The van der Waals surface area contributed by atoms with Crippen molar-refractivity contribution in [2.75, 3.05) is 6.54 Å². The molecule has 200 valence electrons. The summed E-state index contributed by atoms with van der Waals surface area (Å²) in [7, 11) is 0. The average Bonchev–Trinajstić information content (AvgIpc) is 2.92. The molecule has 3 aromatic rings. The summed E-state index contributed by atoms with van der Waals surface area (Å²) in [5.74, 6) is -0.938. The number of rotatable bonds is 14. The number of hydrogen-bond acceptors (Lipinski definition) is 5. The molecule has 8 heteroatoms. The lowest BCUT2D eigenvalue weighted by molar-refractivity contribution is -0.126. The van der Waals surface area contributed by atoms with E-state index in [0.29, 0.717) is 12.0 Å². The molecule has 0 spiro atoms. The Balaban J connectivity index is 1.56. The fraction of sp³-hybridized carbons (Fsp3) is 0.333. The molecule has 0 aliphatic heterocycles. The van der Waals surface area contributed by atoms with Crippen LogP contribution in [0.5, 0.6) is 5.75 Å². The number of benzene rings is 3. The maximum atomic E-state index is 12.7. The molecule has 0 heterocycles. The normalized spacial score (nSPS) is 11.0. The number of unbranched alkanes of at least 4 members (excludes halogenated alkanes) is 6. The van der Waals surface area contributed by atoms with Gasteiger partial charge in [0, 0.05) is 12.0 Å². The van der Waals surface area contributed by atoms with Crippen LogP contribution >= 0.6 is 11.6 Å². The number of amides is 2. The van der Waals surface area contributed by atoms with Crippen LogP contribution in [-0.2, 0) is 9.59 Å². The lowest BCUT2D eigenvalue weighted by Gasteiger charge is -2.11. The molecule has 0 saturated carbocycles. The summed E-state index contributed by atoms with van der Waals surface area (Å²) in [6, 6.07) is 17.7. The highest BCUT2D eigenvalue weighted by atomic mass is 35.5. The molecule has 2 N–H and O–H groups in total. The lowest BCUT2D eigenvalue weighted by atomic mass is 10.0. The Labute approximate surface area is 228 Å². The van der Waals surface area contributed by atoms with Crippen molar-refractivity contribution in [3.05, 3.63) is 76.8 Å². The monoisotopic (exact) mass is 535 g/mol. The van der Waals surface area contributed by atoms with Crippen LogP contribution in [0.3, 0.4) is 0 Å². The first-order valence-corrected chi connectivity index (χ1v) is 13.4. The molecule has 0 fully saturated rings. The Hall–Kier alpha value is -3.71. The minimum atomic E-state index is -0.603. The molecule has 3 rings (SSSR count). The molecule has 0 unspecified atom stereocenters. The van der Waals surface area contributed by atoms with Gasteiger partial charge in [0.25, 0.3) is 5.91 Å². The standard InChI is InChI=1S/C30H34ClN3O4/c1-2-3-4-5-6-7-8-17-28(35)32-21-29(36)34-33-20-25-23-14-10-9-13-22(23)18-19-27(25)38-30(37)24-15-11-12-16-26(24)31/h9-16,18-20H,2-8,17,21H2,1H3,(H,32,35)(H,34,36)/b33-20-. The molecule has 38 heavy (non-hydrogen) atoms. The third kappa shape index (κ3) is 8.99. The maximum Gasteiger partial charge on any atom is 0.345 e. The first-order chi connectivity index (χ1) is 18.5. The lowest BCUT2D eigenvalue weighted by Crippen LogP contribution is -2.34. The molecule has 0 aliphatic carbocycles. The number of fused-ring (bicyclic) bond motifs is 1. The van der Waals surface area contributed by atoms with Gasteiger partial charge in [0.2, 0.25) is 5.91 Å². The predicted molar refractivity (Wildman–Crippen MR) is 152 cm³/mol. The Morgan fingerprint density at radius 1 is 0.868 bits per heavy atom. The summed E-state index contributed by atoms with van der Waals surface area (Å²) in [5, 5.41) is 8.66. The highest BCUT2D eigenvalue weighted by molar-refractivity contribution is 6.33. The molecule has 0 radical (unpaired) electrons. The summed E-state index contributed by atoms with van der Waals surface area (Å²) < 4.78 is 5.65. The van der Waals surface area contributed by atoms with Gasteiger partial charge in [-0.1, -0.05) is 99.5 Å². The summed E-state index contributed by atoms with van der Waals surface area (Å²) in [6.07, 6.45) is 9.71. The van der Waals surface area contributed by atoms with Crippen molar-refractivity contribution in [2.24, 2.45) is 5.10 Å². The Morgan fingerprint density at radius 2 is 1.58 bits per heavy atom. The second kappa shape index (κ2) is 15.5. The minimum Gasteiger partial charge on any atom is -0.422 e. The van der Waals surface area contributed by atoms with Gasteiger partial charge in [-0.2, -0.15) is 5.10 Å². The van der Waals surface area contributed by atoms with E-state index >= 15 is 0 Å². The second-order valence-electron chi connectivity index (χ2n) is 9.01. The van der Waals surface area contributed by atoms with Gasteiger partial charge >= 0.3 is 5.97 Å². The fourth-order valence-corrected chi connectivity index (χ4v) is 4.21. The van der Waals surface area contributed by atoms with Gasteiger partial charge in [0.1, 0.15) is 5.75 Å². The number of halogens is 1. The zero-order valence-electron chi connectivity index (χ0n) is 21.7. The van der Waals surface area contributed by atoms with E-state index in [2.05, 4.69) is 22.8 Å². The first-order valence-electron chi connectivity index (χ1n) is 13.1. The van der Waals surface area contributed by atoms with Crippen LogP contribution in [0, 0.1) is 0 Å². The van der Waals surface area contributed by atoms with Crippen molar-refractivity contribution in [1.29, 1.82) is 0 Å². The molecule has 0 bridgehead atoms. The summed E-state index contributed by atoms with van der Waals surface area (Å²) in [4.78, 5) is 37.0. The van der Waals surface area contributed by atoms with E-state index in [9.17, 15) is 14.4 Å². The molecule has 3 aromatic carbocycles. The number of hydrazone groups is 1. The number of hydrogen-bond donors (Lipinski definition) is 2.